The Balaban J connectivity index is 1.75. The van der Waals surface area contributed by atoms with Gasteiger partial charge in [-0.2, -0.15) is 13.2 Å². The van der Waals surface area contributed by atoms with E-state index in [9.17, 15) is 18.0 Å². The van der Waals surface area contributed by atoms with Gasteiger partial charge in [0.2, 0.25) is 5.88 Å². The van der Waals surface area contributed by atoms with Crippen LogP contribution >= 0.6 is 0 Å². The van der Waals surface area contributed by atoms with Gasteiger partial charge in [-0.25, -0.2) is 4.98 Å². The standard InChI is InChI=1S/C19H18F3N3O2/c1-2-25-15-8-4-3-6-13(15)10-16(25)17(26)24-11-14-7-5-9-23-18(14)27-12-19(20,21)22/h3-10H,2,11-12H2,1H3,(H,24,26). The summed E-state index contributed by atoms with van der Waals surface area (Å²) in [4.78, 5) is 16.4. The molecule has 3 rings (SSSR count). The van der Waals surface area contributed by atoms with Crippen LogP contribution in [0, 0.1) is 0 Å². The number of carbonyl (C=O) groups is 1. The van der Waals surface area contributed by atoms with Gasteiger partial charge in [0.25, 0.3) is 5.91 Å². The summed E-state index contributed by atoms with van der Waals surface area (Å²) in [6, 6.07) is 12.6. The highest BCUT2D eigenvalue weighted by Gasteiger charge is 2.29. The number of halogens is 3. The van der Waals surface area contributed by atoms with Crippen LogP contribution in [-0.4, -0.2) is 28.2 Å². The molecule has 0 aliphatic heterocycles. The fourth-order valence-electron chi connectivity index (χ4n) is 2.84. The van der Waals surface area contributed by atoms with Crippen LogP contribution in [0.2, 0.25) is 0 Å². The normalized spacial score (nSPS) is 11.6. The average molecular weight is 377 g/mol. The summed E-state index contributed by atoms with van der Waals surface area (Å²) in [5.41, 5.74) is 1.80. The fraction of sp³-hybridized carbons (Fsp3) is 0.263. The number of aryl methyl sites for hydroxylation is 1. The number of nitrogens with one attached hydrogen (secondary N) is 1. The Morgan fingerprint density at radius 2 is 2.00 bits per heavy atom. The Kier molecular flexibility index (Phi) is 5.34. The highest BCUT2D eigenvalue weighted by molar-refractivity contribution is 5.98. The lowest BCUT2D eigenvalue weighted by Crippen LogP contribution is -2.26. The van der Waals surface area contributed by atoms with Crippen molar-refractivity contribution in [3.63, 3.8) is 0 Å². The largest absolute Gasteiger partial charge is 0.468 e. The lowest BCUT2D eigenvalue weighted by atomic mass is 10.2. The first kappa shape index (κ1) is 18.8. The van der Waals surface area contributed by atoms with Gasteiger partial charge >= 0.3 is 6.18 Å². The van der Waals surface area contributed by atoms with Crippen molar-refractivity contribution in [2.75, 3.05) is 6.61 Å². The summed E-state index contributed by atoms with van der Waals surface area (Å²) in [5.74, 6) is -0.468. The molecular weight excluding hydrogens is 359 g/mol. The number of hydrogen-bond acceptors (Lipinski definition) is 3. The van der Waals surface area contributed by atoms with E-state index in [0.717, 1.165) is 10.9 Å². The predicted molar refractivity (Wildman–Crippen MR) is 94.6 cm³/mol. The van der Waals surface area contributed by atoms with Crippen LogP contribution in [-0.2, 0) is 13.1 Å². The first-order valence-corrected chi connectivity index (χ1v) is 8.39. The molecule has 0 aliphatic carbocycles. The van der Waals surface area contributed by atoms with Crippen molar-refractivity contribution < 1.29 is 22.7 Å². The number of ether oxygens (including phenoxy) is 1. The van der Waals surface area contributed by atoms with Crippen LogP contribution < -0.4 is 10.1 Å². The summed E-state index contributed by atoms with van der Waals surface area (Å²) < 4.78 is 43.7. The number of benzene rings is 1. The zero-order chi connectivity index (χ0) is 19.4. The van der Waals surface area contributed by atoms with Crippen molar-refractivity contribution in [1.82, 2.24) is 14.9 Å². The number of alkyl halides is 3. The van der Waals surface area contributed by atoms with Gasteiger partial charge in [0.05, 0.1) is 0 Å². The molecule has 0 unspecified atom stereocenters. The van der Waals surface area contributed by atoms with Gasteiger partial charge in [0.1, 0.15) is 5.69 Å². The first-order valence-electron chi connectivity index (χ1n) is 8.39. The summed E-state index contributed by atoms with van der Waals surface area (Å²) in [6.07, 6.45) is -3.12. The molecule has 0 bridgehead atoms. The zero-order valence-corrected chi connectivity index (χ0v) is 14.6. The molecule has 142 valence electrons. The van der Waals surface area contributed by atoms with E-state index in [1.807, 2.05) is 35.8 Å². The van der Waals surface area contributed by atoms with Crippen molar-refractivity contribution >= 4 is 16.8 Å². The Bertz CT molecular complexity index is 951. The molecule has 0 aliphatic rings. The average Bonchev–Trinajstić information content (AvgIpc) is 3.03. The molecule has 1 N–H and O–H groups in total. The lowest BCUT2D eigenvalue weighted by Gasteiger charge is -2.13. The summed E-state index contributed by atoms with van der Waals surface area (Å²) in [7, 11) is 0. The van der Waals surface area contributed by atoms with Crippen molar-refractivity contribution in [1.29, 1.82) is 0 Å². The van der Waals surface area contributed by atoms with E-state index in [0.29, 0.717) is 17.8 Å². The SMILES string of the molecule is CCn1c(C(=O)NCc2cccnc2OCC(F)(F)F)cc2ccccc21. The Morgan fingerprint density at radius 1 is 1.22 bits per heavy atom. The molecule has 8 heteroatoms. The second-order valence-electron chi connectivity index (χ2n) is 5.89. The lowest BCUT2D eigenvalue weighted by molar-refractivity contribution is -0.154. The minimum absolute atomic E-state index is 0.00506. The third-order valence-corrected chi connectivity index (χ3v) is 4.02. The van der Waals surface area contributed by atoms with Crippen LogP contribution in [0.25, 0.3) is 10.9 Å². The minimum Gasteiger partial charge on any atom is -0.468 e. The van der Waals surface area contributed by atoms with Crippen molar-refractivity contribution in [3.8, 4) is 5.88 Å². The number of para-hydroxylation sites is 1. The number of carbonyl (C=O) groups excluding carboxylic acids is 1. The Hall–Kier alpha value is -3.03. The van der Waals surface area contributed by atoms with Gasteiger partial charge in [-0.15, -0.1) is 0 Å². The molecule has 1 aromatic carbocycles. The van der Waals surface area contributed by atoms with Crippen LogP contribution in [0.15, 0.2) is 48.7 Å². The monoisotopic (exact) mass is 377 g/mol. The molecule has 2 heterocycles. The summed E-state index contributed by atoms with van der Waals surface area (Å²) >= 11 is 0. The van der Waals surface area contributed by atoms with Crippen molar-refractivity contribution in [3.05, 3.63) is 59.9 Å². The van der Waals surface area contributed by atoms with E-state index in [2.05, 4.69) is 10.3 Å². The van der Waals surface area contributed by atoms with E-state index in [1.54, 1.807) is 18.2 Å². The van der Waals surface area contributed by atoms with Crippen molar-refractivity contribution in [2.45, 2.75) is 26.2 Å². The van der Waals surface area contributed by atoms with Gasteiger partial charge in [-0.3, -0.25) is 4.79 Å². The number of nitrogens with zero attached hydrogens (tertiary/aromatic N) is 2. The van der Waals surface area contributed by atoms with E-state index >= 15 is 0 Å². The summed E-state index contributed by atoms with van der Waals surface area (Å²) in [6.45, 7) is 1.12. The maximum Gasteiger partial charge on any atom is 0.422 e. The molecule has 5 nitrogen and oxygen atoms in total. The maximum atomic E-state index is 12.6. The first-order chi connectivity index (χ1) is 12.9. The Labute approximate surface area is 153 Å². The molecule has 0 saturated heterocycles. The predicted octanol–water partition coefficient (Wildman–Crippen LogP) is 3.93. The zero-order valence-electron chi connectivity index (χ0n) is 14.6. The van der Waals surface area contributed by atoms with Crippen LogP contribution in [0.4, 0.5) is 13.2 Å². The number of pyridine rings is 1. The van der Waals surface area contributed by atoms with Gasteiger partial charge in [0, 0.05) is 35.8 Å². The molecule has 0 spiro atoms. The van der Waals surface area contributed by atoms with E-state index < -0.39 is 12.8 Å². The highest BCUT2D eigenvalue weighted by Crippen LogP contribution is 2.21. The molecule has 0 saturated carbocycles. The molecule has 0 atom stereocenters. The number of amides is 1. The minimum atomic E-state index is -4.46. The molecule has 0 fully saturated rings. The topological polar surface area (TPSA) is 56.2 Å². The third kappa shape index (κ3) is 4.39. The fourth-order valence-corrected chi connectivity index (χ4v) is 2.84. The third-order valence-electron chi connectivity index (χ3n) is 4.02. The number of hydrogen-bond donors (Lipinski definition) is 1. The maximum absolute atomic E-state index is 12.6. The van der Waals surface area contributed by atoms with Crippen LogP contribution in [0.1, 0.15) is 23.0 Å². The van der Waals surface area contributed by atoms with Gasteiger partial charge in [-0.1, -0.05) is 24.3 Å². The van der Waals surface area contributed by atoms with Crippen LogP contribution in [0.3, 0.4) is 0 Å². The second-order valence-corrected chi connectivity index (χ2v) is 5.89. The second kappa shape index (κ2) is 7.69. The van der Waals surface area contributed by atoms with E-state index in [1.165, 1.54) is 6.20 Å². The smallest absolute Gasteiger partial charge is 0.422 e. The van der Waals surface area contributed by atoms with E-state index in [-0.39, 0.29) is 18.3 Å². The van der Waals surface area contributed by atoms with Crippen molar-refractivity contribution in [2.24, 2.45) is 0 Å². The molecule has 27 heavy (non-hydrogen) atoms. The molecule has 3 aromatic rings. The molecule has 2 aromatic heterocycles. The van der Waals surface area contributed by atoms with Gasteiger partial charge in [0.15, 0.2) is 6.61 Å². The Morgan fingerprint density at radius 3 is 2.74 bits per heavy atom. The van der Waals surface area contributed by atoms with E-state index in [4.69, 9.17) is 4.74 Å². The van der Waals surface area contributed by atoms with Gasteiger partial charge < -0.3 is 14.6 Å². The number of rotatable bonds is 6. The quantitative estimate of drug-likeness (QED) is 0.708. The number of fused-ring (bicyclic) bond motifs is 1. The molecule has 1 amide bonds. The van der Waals surface area contributed by atoms with Gasteiger partial charge in [-0.05, 0) is 25.1 Å². The molecule has 0 radical (unpaired) electrons. The van der Waals surface area contributed by atoms with Crippen LogP contribution in [0.5, 0.6) is 5.88 Å². The highest BCUT2D eigenvalue weighted by atomic mass is 19.4. The summed E-state index contributed by atoms with van der Waals surface area (Å²) in [5, 5.41) is 3.67. The molecular formula is C19H18F3N3O2. The number of aromatic nitrogens is 2.